The van der Waals surface area contributed by atoms with Crippen molar-refractivity contribution >= 4 is 11.6 Å². The Morgan fingerprint density at radius 1 is 1.22 bits per heavy atom. The van der Waals surface area contributed by atoms with Crippen LogP contribution in [-0.2, 0) is 4.79 Å². The van der Waals surface area contributed by atoms with Crippen molar-refractivity contribution in [1.29, 1.82) is 0 Å². The Morgan fingerprint density at radius 3 is 2.26 bits per heavy atom. The number of carbonyl (C=O) groups is 1. The van der Waals surface area contributed by atoms with Gasteiger partial charge in [0.25, 0.3) is 5.91 Å². The summed E-state index contributed by atoms with van der Waals surface area (Å²) in [5, 5.41) is 3.18. The van der Waals surface area contributed by atoms with Crippen LogP contribution in [0.3, 0.4) is 0 Å². The molecule has 0 aliphatic carbocycles. The van der Waals surface area contributed by atoms with Gasteiger partial charge >= 0.3 is 0 Å². The number of hydrogen-bond donors (Lipinski definition) is 1. The molecule has 23 heavy (non-hydrogen) atoms. The number of likely N-dealkylation sites (tertiary alicyclic amines) is 1. The number of piperidine rings is 1. The Labute approximate surface area is 140 Å². The Balaban J connectivity index is 2.18. The third-order valence-electron chi connectivity index (χ3n) is 5.53. The van der Waals surface area contributed by atoms with Gasteiger partial charge in [-0.05, 0) is 70.2 Å². The molecule has 1 aromatic carbocycles. The van der Waals surface area contributed by atoms with E-state index in [1.54, 1.807) is 7.11 Å². The molecule has 1 fully saturated rings. The lowest BCUT2D eigenvalue weighted by atomic mass is 10.0. The smallest absolute Gasteiger partial charge is 0.282 e. The summed E-state index contributed by atoms with van der Waals surface area (Å²) in [6.07, 6.45) is 3.75. The number of aryl methyl sites for hydroxylation is 2. The summed E-state index contributed by atoms with van der Waals surface area (Å²) in [7, 11) is 1.67. The van der Waals surface area contributed by atoms with Gasteiger partial charge in [-0.3, -0.25) is 4.79 Å². The highest BCUT2D eigenvalue weighted by Gasteiger charge is 2.38. The van der Waals surface area contributed by atoms with Gasteiger partial charge in [-0.2, -0.15) is 0 Å². The van der Waals surface area contributed by atoms with Gasteiger partial charge in [0.05, 0.1) is 26.7 Å². The average Bonchev–Trinajstić information content (AvgIpc) is 2.57. The minimum absolute atomic E-state index is 0.0128. The number of benzene rings is 1. The van der Waals surface area contributed by atoms with Crippen LogP contribution < -0.4 is 10.1 Å². The first-order valence-corrected chi connectivity index (χ1v) is 8.75. The van der Waals surface area contributed by atoms with E-state index in [2.05, 4.69) is 19.2 Å². The summed E-state index contributed by atoms with van der Waals surface area (Å²) in [6, 6.07) is 3.93. The van der Waals surface area contributed by atoms with E-state index in [1.807, 2.05) is 26.0 Å². The van der Waals surface area contributed by atoms with Crippen LogP contribution in [0, 0.1) is 13.8 Å². The second-order valence-corrected chi connectivity index (χ2v) is 6.84. The minimum Gasteiger partial charge on any atom is -0.497 e. The van der Waals surface area contributed by atoms with Crippen molar-refractivity contribution in [3.63, 3.8) is 0 Å². The molecule has 128 valence electrons. The van der Waals surface area contributed by atoms with Crippen LogP contribution in [-0.4, -0.2) is 43.2 Å². The van der Waals surface area contributed by atoms with Crippen molar-refractivity contribution in [3.05, 3.63) is 23.3 Å². The topological polar surface area (TPSA) is 38.3 Å². The van der Waals surface area contributed by atoms with E-state index in [0.717, 1.165) is 46.7 Å². The van der Waals surface area contributed by atoms with Gasteiger partial charge in [0, 0.05) is 5.69 Å². The van der Waals surface area contributed by atoms with Crippen LogP contribution >= 0.6 is 0 Å². The van der Waals surface area contributed by atoms with E-state index in [1.165, 1.54) is 19.3 Å². The van der Waals surface area contributed by atoms with Crippen molar-refractivity contribution in [2.45, 2.75) is 53.0 Å². The molecular formula is C19H31N2O2+. The summed E-state index contributed by atoms with van der Waals surface area (Å²) in [5.74, 6) is 0.962. The number of amides is 1. The van der Waals surface area contributed by atoms with Gasteiger partial charge in [-0.1, -0.05) is 0 Å². The molecule has 1 amide bonds. The number of ether oxygens (including phenoxy) is 1. The number of carbonyl (C=O) groups excluding carboxylic acids is 1. The predicted octanol–water partition coefficient (Wildman–Crippen LogP) is 3.66. The number of nitrogens with one attached hydrogen (secondary N) is 1. The molecule has 1 aromatic rings. The SMILES string of the molecule is CC[N+]1(C(C)C(=O)Nc2c(C)cc(OC)cc2C)CCCCC1. The normalized spacial score (nSPS) is 18.3. The van der Waals surface area contributed by atoms with E-state index in [9.17, 15) is 4.79 Å². The van der Waals surface area contributed by atoms with Crippen molar-refractivity contribution < 1.29 is 14.0 Å². The zero-order chi connectivity index (χ0) is 17.0. The molecule has 4 nitrogen and oxygen atoms in total. The molecule has 0 aromatic heterocycles. The molecule has 1 N–H and O–H groups in total. The molecule has 1 aliphatic rings. The fourth-order valence-electron chi connectivity index (χ4n) is 3.83. The second-order valence-electron chi connectivity index (χ2n) is 6.84. The van der Waals surface area contributed by atoms with Crippen molar-refractivity contribution in [2.24, 2.45) is 0 Å². The highest BCUT2D eigenvalue weighted by Crippen LogP contribution is 2.28. The lowest BCUT2D eigenvalue weighted by Gasteiger charge is -2.44. The fraction of sp³-hybridized carbons (Fsp3) is 0.632. The standard InChI is InChI=1S/C19H30N2O2/c1-6-21(10-8-7-9-11-21)16(4)19(22)20-18-14(2)12-17(23-5)13-15(18)3/h12-13,16H,6-11H2,1-5H3/p+1. The molecule has 2 rings (SSSR count). The highest BCUT2D eigenvalue weighted by molar-refractivity contribution is 5.95. The van der Waals surface area contributed by atoms with Crippen LogP contribution in [0.25, 0.3) is 0 Å². The minimum atomic E-state index is -0.0128. The fourth-order valence-corrected chi connectivity index (χ4v) is 3.83. The van der Waals surface area contributed by atoms with E-state index in [-0.39, 0.29) is 11.9 Å². The van der Waals surface area contributed by atoms with Gasteiger partial charge in [-0.25, -0.2) is 0 Å². The maximum atomic E-state index is 12.9. The number of hydrogen-bond acceptors (Lipinski definition) is 2. The maximum absolute atomic E-state index is 12.9. The summed E-state index contributed by atoms with van der Waals surface area (Å²) >= 11 is 0. The van der Waals surface area contributed by atoms with Crippen LogP contribution in [0.15, 0.2) is 12.1 Å². The first kappa shape index (κ1) is 17.8. The molecule has 1 aliphatic heterocycles. The van der Waals surface area contributed by atoms with Crippen LogP contribution in [0.2, 0.25) is 0 Å². The first-order chi connectivity index (χ1) is 10.9. The van der Waals surface area contributed by atoms with Crippen molar-refractivity contribution in [1.82, 2.24) is 0 Å². The van der Waals surface area contributed by atoms with Gasteiger partial charge in [0.2, 0.25) is 0 Å². The van der Waals surface area contributed by atoms with E-state index in [0.29, 0.717) is 0 Å². The molecule has 1 heterocycles. The Hall–Kier alpha value is -1.55. The van der Waals surface area contributed by atoms with Crippen LogP contribution in [0.5, 0.6) is 5.75 Å². The van der Waals surface area contributed by atoms with Crippen LogP contribution in [0.4, 0.5) is 5.69 Å². The summed E-state index contributed by atoms with van der Waals surface area (Å²) in [4.78, 5) is 12.9. The van der Waals surface area contributed by atoms with E-state index < -0.39 is 0 Å². The van der Waals surface area contributed by atoms with Gasteiger partial charge in [0.1, 0.15) is 5.75 Å². The monoisotopic (exact) mass is 319 g/mol. The number of rotatable bonds is 5. The molecule has 4 heteroatoms. The lowest BCUT2D eigenvalue weighted by Crippen LogP contribution is -2.60. The molecule has 1 atom stereocenters. The summed E-state index contributed by atoms with van der Waals surface area (Å²) in [6.45, 7) is 11.6. The summed E-state index contributed by atoms with van der Waals surface area (Å²) < 4.78 is 6.21. The van der Waals surface area contributed by atoms with Gasteiger partial charge in [0.15, 0.2) is 6.04 Å². The van der Waals surface area contributed by atoms with Gasteiger partial charge < -0.3 is 14.5 Å². The van der Waals surface area contributed by atoms with Crippen LogP contribution in [0.1, 0.15) is 44.2 Å². The Kier molecular flexibility index (Phi) is 5.69. The number of nitrogens with zero attached hydrogens (tertiary/aromatic N) is 1. The number of methoxy groups -OCH3 is 1. The predicted molar refractivity (Wildman–Crippen MR) is 94.9 cm³/mol. The molecule has 1 unspecified atom stereocenters. The zero-order valence-corrected chi connectivity index (χ0v) is 15.2. The van der Waals surface area contributed by atoms with E-state index in [4.69, 9.17) is 4.74 Å². The average molecular weight is 319 g/mol. The van der Waals surface area contributed by atoms with Crippen molar-refractivity contribution in [2.75, 3.05) is 32.1 Å². The number of likely N-dealkylation sites (N-methyl/N-ethyl adjacent to an activating group) is 1. The van der Waals surface area contributed by atoms with Gasteiger partial charge in [-0.15, -0.1) is 0 Å². The number of quaternary nitrogens is 1. The highest BCUT2D eigenvalue weighted by atomic mass is 16.5. The Morgan fingerprint density at radius 2 is 1.78 bits per heavy atom. The Bertz CT molecular complexity index is 539. The molecule has 0 saturated carbocycles. The zero-order valence-electron chi connectivity index (χ0n) is 15.2. The van der Waals surface area contributed by atoms with Crippen molar-refractivity contribution in [3.8, 4) is 5.75 Å². The maximum Gasteiger partial charge on any atom is 0.282 e. The molecule has 0 radical (unpaired) electrons. The molecule has 0 spiro atoms. The molecular weight excluding hydrogens is 288 g/mol. The summed E-state index contributed by atoms with van der Waals surface area (Å²) in [5.41, 5.74) is 3.02. The largest absolute Gasteiger partial charge is 0.497 e. The third kappa shape index (κ3) is 3.69. The molecule has 1 saturated heterocycles. The first-order valence-electron chi connectivity index (χ1n) is 8.75. The lowest BCUT2D eigenvalue weighted by molar-refractivity contribution is -0.943. The third-order valence-corrected chi connectivity index (χ3v) is 5.53. The quantitative estimate of drug-likeness (QED) is 0.841. The number of anilines is 1. The molecule has 0 bridgehead atoms. The van der Waals surface area contributed by atoms with E-state index >= 15 is 0 Å². The second kappa shape index (κ2) is 7.35.